The highest BCUT2D eigenvalue weighted by Gasteiger charge is 2.18. The van der Waals surface area contributed by atoms with Crippen LogP contribution >= 0.6 is 0 Å². The summed E-state index contributed by atoms with van der Waals surface area (Å²) < 4.78 is 2.05. The Hall–Kier alpha value is -1.61. The third-order valence-electron chi connectivity index (χ3n) is 3.71. The predicted octanol–water partition coefficient (Wildman–Crippen LogP) is 3.22. The molecule has 0 radical (unpaired) electrons. The first-order valence-electron chi connectivity index (χ1n) is 7.04. The van der Waals surface area contributed by atoms with Crippen molar-refractivity contribution < 1.29 is 0 Å². The van der Waals surface area contributed by atoms with Gasteiger partial charge in [0.1, 0.15) is 0 Å². The molecule has 0 bridgehead atoms. The van der Waals surface area contributed by atoms with Crippen molar-refractivity contribution >= 4 is 0 Å². The zero-order chi connectivity index (χ0) is 13.7. The number of nitrogens with zero attached hydrogens (tertiary/aromatic N) is 2. The Morgan fingerprint density at radius 1 is 1.16 bits per heavy atom. The lowest BCUT2D eigenvalue weighted by Crippen LogP contribution is -2.25. The number of benzene rings is 1. The van der Waals surface area contributed by atoms with E-state index in [1.807, 2.05) is 29.1 Å². The van der Waals surface area contributed by atoms with E-state index < -0.39 is 0 Å². The summed E-state index contributed by atoms with van der Waals surface area (Å²) >= 11 is 0. The van der Waals surface area contributed by atoms with Crippen molar-refractivity contribution in [2.75, 3.05) is 13.1 Å². The quantitative estimate of drug-likeness (QED) is 0.861. The Morgan fingerprint density at radius 2 is 1.89 bits per heavy atom. The van der Waals surface area contributed by atoms with Crippen molar-refractivity contribution in [1.82, 2.24) is 15.1 Å². The van der Waals surface area contributed by atoms with Crippen molar-refractivity contribution in [2.24, 2.45) is 5.92 Å². The van der Waals surface area contributed by atoms with Crippen LogP contribution in [0.2, 0.25) is 0 Å². The van der Waals surface area contributed by atoms with E-state index in [4.69, 9.17) is 0 Å². The molecule has 3 heteroatoms. The molecular formula is C16H23N3. The van der Waals surface area contributed by atoms with E-state index in [9.17, 15) is 0 Å². The summed E-state index contributed by atoms with van der Waals surface area (Å²) in [6, 6.07) is 12.4. The fraction of sp³-hybridized carbons (Fsp3) is 0.438. The van der Waals surface area contributed by atoms with Crippen LogP contribution in [0.3, 0.4) is 0 Å². The van der Waals surface area contributed by atoms with Crippen molar-refractivity contribution in [3.8, 4) is 5.69 Å². The van der Waals surface area contributed by atoms with Gasteiger partial charge in [0.15, 0.2) is 0 Å². The van der Waals surface area contributed by atoms with Gasteiger partial charge >= 0.3 is 0 Å². The zero-order valence-corrected chi connectivity index (χ0v) is 12.0. The van der Waals surface area contributed by atoms with Gasteiger partial charge in [-0.25, -0.2) is 4.68 Å². The van der Waals surface area contributed by atoms with Crippen LogP contribution in [-0.2, 0) is 0 Å². The van der Waals surface area contributed by atoms with Gasteiger partial charge in [-0.3, -0.25) is 0 Å². The topological polar surface area (TPSA) is 29.9 Å². The second-order valence-corrected chi connectivity index (χ2v) is 5.08. The zero-order valence-electron chi connectivity index (χ0n) is 12.0. The van der Waals surface area contributed by atoms with Crippen LogP contribution in [0, 0.1) is 5.92 Å². The van der Waals surface area contributed by atoms with E-state index >= 15 is 0 Å². The molecule has 2 unspecified atom stereocenters. The first-order valence-corrected chi connectivity index (χ1v) is 7.04. The molecule has 102 valence electrons. The molecular weight excluding hydrogens is 234 g/mol. The monoisotopic (exact) mass is 257 g/mol. The maximum atomic E-state index is 4.47. The van der Waals surface area contributed by atoms with Crippen molar-refractivity contribution in [1.29, 1.82) is 0 Å². The van der Waals surface area contributed by atoms with Crippen LogP contribution in [0.15, 0.2) is 42.6 Å². The second kappa shape index (κ2) is 6.53. The normalized spacial score (nSPS) is 14.3. The molecule has 2 atom stereocenters. The number of hydrogen-bond donors (Lipinski definition) is 1. The summed E-state index contributed by atoms with van der Waals surface area (Å²) in [4.78, 5) is 0. The SMILES string of the molecule is CCNCC(C)C(C)c1ccnn1-c1ccccc1. The standard InChI is InChI=1S/C16H23N3/c1-4-17-12-13(2)14(3)16-10-11-18-19(16)15-8-6-5-7-9-15/h5-11,13-14,17H,4,12H2,1-3H3. The molecule has 0 saturated heterocycles. The number of para-hydroxylation sites is 1. The molecule has 0 saturated carbocycles. The van der Waals surface area contributed by atoms with Crippen LogP contribution < -0.4 is 5.32 Å². The Bertz CT molecular complexity index is 490. The highest BCUT2D eigenvalue weighted by Crippen LogP contribution is 2.25. The van der Waals surface area contributed by atoms with E-state index in [2.05, 4.69) is 49.4 Å². The minimum Gasteiger partial charge on any atom is -0.317 e. The minimum absolute atomic E-state index is 0.474. The molecule has 0 fully saturated rings. The van der Waals surface area contributed by atoms with Gasteiger partial charge in [-0.05, 0) is 37.2 Å². The predicted molar refractivity (Wildman–Crippen MR) is 79.7 cm³/mol. The van der Waals surface area contributed by atoms with Crippen LogP contribution in [0.1, 0.15) is 32.4 Å². The number of hydrogen-bond acceptors (Lipinski definition) is 2. The minimum atomic E-state index is 0.474. The van der Waals surface area contributed by atoms with Gasteiger partial charge in [-0.15, -0.1) is 0 Å². The van der Waals surface area contributed by atoms with Gasteiger partial charge in [-0.1, -0.05) is 39.0 Å². The summed E-state index contributed by atoms with van der Waals surface area (Å²) in [5.41, 5.74) is 2.40. The summed E-state index contributed by atoms with van der Waals surface area (Å²) in [7, 11) is 0. The van der Waals surface area contributed by atoms with Gasteiger partial charge in [-0.2, -0.15) is 5.10 Å². The Kier molecular flexibility index (Phi) is 4.74. The summed E-state index contributed by atoms with van der Waals surface area (Å²) in [5, 5.41) is 7.89. The van der Waals surface area contributed by atoms with E-state index in [0.717, 1.165) is 18.8 Å². The largest absolute Gasteiger partial charge is 0.317 e. The molecule has 0 spiro atoms. The van der Waals surface area contributed by atoms with E-state index in [0.29, 0.717) is 11.8 Å². The molecule has 1 aromatic carbocycles. The first kappa shape index (κ1) is 13.8. The van der Waals surface area contributed by atoms with Crippen LogP contribution in [0.5, 0.6) is 0 Å². The Morgan fingerprint density at radius 3 is 2.58 bits per heavy atom. The molecule has 19 heavy (non-hydrogen) atoms. The summed E-state index contributed by atoms with van der Waals surface area (Å²) in [5.74, 6) is 1.06. The molecule has 0 aliphatic rings. The fourth-order valence-electron chi connectivity index (χ4n) is 2.28. The Labute approximate surface area is 115 Å². The fourth-order valence-corrected chi connectivity index (χ4v) is 2.28. The van der Waals surface area contributed by atoms with Crippen molar-refractivity contribution in [3.63, 3.8) is 0 Å². The smallest absolute Gasteiger partial charge is 0.0648 e. The molecule has 1 heterocycles. The number of rotatable bonds is 6. The third-order valence-corrected chi connectivity index (χ3v) is 3.71. The van der Waals surface area contributed by atoms with Crippen molar-refractivity contribution in [2.45, 2.75) is 26.7 Å². The molecule has 0 aliphatic heterocycles. The Balaban J connectivity index is 2.20. The summed E-state index contributed by atoms with van der Waals surface area (Å²) in [6.45, 7) is 8.77. The molecule has 3 nitrogen and oxygen atoms in total. The van der Waals surface area contributed by atoms with Crippen LogP contribution in [-0.4, -0.2) is 22.9 Å². The van der Waals surface area contributed by atoms with E-state index in [1.54, 1.807) is 0 Å². The van der Waals surface area contributed by atoms with Gasteiger partial charge in [0, 0.05) is 17.8 Å². The van der Waals surface area contributed by atoms with Crippen molar-refractivity contribution in [3.05, 3.63) is 48.3 Å². The molecule has 1 N–H and O–H groups in total. The average Bonchev–Trinajstić information content (AvgIpc) is 2.94. The summed E-state index contributed by atoms with van der Waals surface area (Å²) in [6.07, 6.45) is 1.89. The number of aromatic nitrogens is 2. The molecule has 2 aromatic rings. The van der Waals surface area contributed by atoms with Crippen LogP contribution in [0.25, 0.3) is 5.69 Å². The lowest BCUT2D eigenvalue weighted by Gasteiger charge is -2.21. The maximum absolute atomic E-state index is 4.47. The lowest BCUT2D eigenvalue weighted by atomic mass is 9.92. The van der Waals surface area contributed by atoms with E-state index in [1.165, 1.54) is 5.69 Å². The third kappa shape index (κ3) is 3.24. The average molecular weight is 257 g/mol. The highest BCUT2D eigenvalue weighted by atomic mass is 15.3. The van der Waals surface area contributed by atoms with Gasteiger partial charge in [0.05, 0.1) is 5.69 Å². The number of nitrogens with one attached hydrogen (secondary N) is 1. The van der Waals surface area contributed by atoms with Crippen LogP contribution in [0.4, 0.5) is 0 Å². The van der Waals surface area contributed by atoms with Gasteiger partial charge in [0.25, 0.3) is 0 Å². The molecule has 0 aliphatic carbocycles. The molecule has 1 aromatic heterocycles. The van der Waals surface area contributed by atoms with Gasteiger partial charge < -0.3 is 5.32 Å². The molecule has 2 rings (SSSR count). The second-order valence-electron chi connectivity index (χ2n) is 5.08. The van der Waals surface area contributed by atoms with E-state index in [-0.39, 0.29) is 0 Å². The molecule has 0 amide bonds. The lowest BCUT2D eigenvalue weighted by molar-refractivity contribution is 0.440. The highest BCUT2D eigenvalue weighted by molar-refractivity contribution is 5.33. The maximum Gasteiger partial charge on any atom is 0.0648 e. The first-order chi connectivity index (χ1) is 9.24. The van der Waals surface area contributed by atoms with Gasteiger partial charge in [0.2, 0.25) is 0 Å².